The number of para-hydroxylation sites is 2. The number of carbonyl (C=O) groups excluding carboxylic acids is 1. The number of rotatable bonds is 9. The van der Waals surface area contributed by atoms with Gasteiger partial charge in [-0.3, -0.25) is 14.9 Å². The fraction of sp³-hybridized carbons (Fsp3) is 0.350. The first-order chi connectivity index (χ1) is 14.9. The molecule has 0 aliphatic carbocycles. The van der Waals surface area contributed by atoms with Crippen LogP contribution in [0.4, 0.5) is 5.69 Å². The van der Waals surface area contributed by atoms with Crippen molar-refractivity contribution in [2.75, 3.05) is 39.5 Å². The van der Waals surface area contributed by atoms with Crippen LogP contribution in [0.2, 0.25) is 0 Å². The van der Waals surface area contributed by atoms with Gasteiger partial charge >= 0.3 is 5.69 Å². The molecule has 2 aromatic rings. The maximum atomic E-state index is 12.6. The first-order valence-corrected chi connectivity index (χ1v) is 11.1. The van der Waals surface area contributed by atoms with Crippen molar-refractivity contribution < 1.29 is 27.6 Å². The average molecular weight is 449 g/mol. The Balaban J connectivity index is 1.46. The molecule has 0 unspecified atom stereocenters. The molecule has 0 atom stereocenters. The van der Waals surface area contributed by atoms with Gasteiger partial charge in [-0.05, 0) is 30.2 Å². The molecule has 31 heavy (non-hydrogen) atoms. The van der Waals surface area contributed by atoms with Gasteiger partial charge < -0.3 is 14.8 Å². The maximum Gasteiger partial charge on any atom is 0.310 e. The van der Waals surface area contributed by atoms with Crippen LogP contribution < -0.4 is 10.1 Å². The lowest BCUT2D eigenvalue weighted by Gasteiger charge is -2.26. The highest BCUT2D eigenvalue weighted by atomic mass is 32.2. The summed E-state index contributed by atoms with van der Waals surface area (Å²) < 4.78 is 37.1. The Morgan fingerprint density at radius 2 is 1.81 bits per heavy atom. The van der Waals surface area contributed by atoms with Crippen LogP contribution in [0.5, 0.6) is 5.75 Å². The molecule has 1 saturated heterocycles. The summed E-state index contributed by atoms with van der Waals surface area (Å²) in [5.41, 5.74) is 0.656. The number of amides is 1. The summed E-state index contributed by atoms with van der Waals surface area (Å²) >= 11 is 0. The predicted molar refractivity (Wildman–Crippen MR) is 111 cm³/mol. The number of nitro groups is 1. The summed E-state index contributed by atoms with van der Waals surface area (Å²) in [6, 6.07) is 12.4. The zero-order chi connectivity index (χ0) is 22.3. The number of ether oxygens (including phenoxy) is 2. The van der Waals surface area contributed by atoms with Gasteiger partial charge in [0, 0.05) is 25.7 Å². The first-order valence-electron chi connectivity index (χ1n) is 9.67. The Hall–Kier alpha value is -3.02. The second-order valence-electron chi connectivity index (χ2n) is 6.77. The summed E-state index contributed by atoms with van der Waals surface area (Å²) in [6.45, 7) is 1.42. The van der Waals surface area contributed by atoms with E-state index < -0.39 is 20.9 Å². The van der Waals surface area contributed by atoms with Gasteiger partial charge in [0.2, 0.25) is 10.0 Å². The third-order valence-corrected chi connectivity index (χ3v) is 6.60. The fourth-order valence-electron chi connectivity index (χ4n) is 3.03. The highest BCUT2D eigenvalue weighted by Crippen LogP contribution is 2.25. The molecule has 0 spiro atoms. The lowest BCUT2D eigenvalue weighted by Crippen LogP contribution is -2.40. The molecule has 0 aromatic heterocycles. The normalized spacial score (nSPS) is 14.7. The number of hydrogen-bond donors (Lipinski definition) is 1. The average Bonchev–Trinajstić information content (AvgIpc) is 2.79. The maximum absolute atomic E-state index is 12.6. The van der Waals surface area contributed by atoms with Crippen molar-refractivity contribution in [2.45, 2.75) is 11.3 Å². The third-order valence-electron chi connectivity index (χ3n) is 4.69. The Morgan fingerprint density at radius 1 is 1.13 bits per heavy atom. The smallest absolute Gasteiger partial charge is 0.310 e. The molecule has 1 heterocycles. The molecule has 10 nitrogen and oxygen atoms in total. The van der Waals surface area contributed by atoms with Gasteiger partial charge in [0.05, 0.1) is 23.0 Å². The Kier molecular flexibility index (Phi) is 7.55. The zero-order valence-corrected chi connectivity index (χ0v) is 17.5. The topological polar surface area (TPSA) is 128 Å². The molecule has 1 aliphatic rings. The molecular formula is C20H23N3O7S. The predicted octanol–water partition coefficient (Wildman–Crippen LogP) is 1.35. The van der Waals surface area contributed by atoms with Gasteiger partial charge in [-0.15, -0.1) is 0 Å². The minimum atomic E-state index is -3.54. The van der Waals surface area contributed by atoms with E-state index >= 15 is 0 Å². The lowest BCUT2D eigenvalue weighted by molar-refractivity contribution is -0.385. The van der Waals surface area contributed by atoms with Crippen LogP contribution in [0.1, 0.15) is 5.56 Å². The summed E-state index contributed by atoms with van der Waals surface area (Å²) in [4.78, 5) is 22.5. The number of hydrogen-bond acceptors (Lipinski definition) is 7. The van der Waals surface area contributed by atoms with E-state index in [-0.39, 0.29) is 22.9 Å². The number of benzene rings is 2. The number of nitro benzene ring substituents is 1. The summed E-state index contributed by atoms with van der Waals surface area (Å²) in [7, 11) is -3.54. The highest BCUT2D eigenvalue weighted by Gasteiger charge is 2.26. The Bertz CT molecular complexity index is 1020. The molecule has 1 aliphatic heterocycles. The monoisotopic (exact) mass is 449 g/mol. The van der Waals surface area contributed by atoms with Crippen LogP contribution in [-0.2, 0) is 26.0 Å². The van der Waals surface area contributed by atoms with Gasteiger partial charge in [0.1, 0.15) is 0 Å². The second kappa shape index (κ2) is 10.3. The molecule has 11 heteroatoms. The van der Waals surface area contributed by atoms with Gasteiger partial charge in [0.25, 0.3) is 5.91 Å². The number of sulfonamides is 1. The summed E-state index contributed by atoms with van der Waals surface area (Å²) in [6.07, 6.45) is 0.495. The molecule has 1 N–H and O–H groups in total. The molecule has 2 aromatic carbocycles. The van der Waals surface area contributed by atoms with E-state index in [4.69, 9.17) is 9.47 Å². The number of nitrogens with zero attached hydrogens (tertiary/aromatic N) is 2. The SMILES string of the molecule is O=C(COc1ccccc1[N+](=O)[O-])NCCc1ccc(S(=O)(=O)N2CCOCC2)cc1. The van der Waals surface area contributed by atoms with E-state index in [0.29, 0.717) is 39.3 Å². The van der Waals surface area contributed by atoms with E-state index in [1.54, 1.807) is 30.3 Å². The molecule has 0 bridgehead atoms. The Morgan fingerprint density at radius 3 is 2.48 bits per heavy atom. The number of morpholine rings is 1. The van der Waals surface area contributed by atoms with Crippen LogP contribution in [0.3, 0.4) is 0 Å². The van der Waals surface area contributed by atoms with Gasteiger partial charge in [-0.1, -0.05) is 24.3 Å². The molecule has 3 rings (SSSR count). The van der Waals surface area contributed by atoms with Crippen molar-refractivity contribution in [3.63, 3.8) is 0 Å². The van der Waals surface area contributed by atoms with Crippen molar-refractivity contribution >= 4 is 21.6 Å². The number of carbonyl (C=O) groups is 1. The van der Waals surface area contributed by atoms with Gasteiger partial charge in [-0.25, -0.2) is 8.42 Å². The Labute approximate surface area is 180 Å². The molecule has 0 radical (unpaired) electrons. The van der Waals surface area contributed by atoms with Crippen molar-refractivity contribution in [1.82, 2.24) is 9.62 Å². The van der Waals surface area contributed by atoms with Crippen LogP contribution >= 0.6 is 0 Å². The fourth-order valence-corrected chi connectivity index (χ4v) is 4.44. The largest absolute Gasteiger partial charge is 0.477 e. The molecule has 0 saturated carbocycles. The van der Waals surface area contributed by atoms with E-state index in [1.165, 1.54) is 22.5 Å². The molecule has 1 amide bonds. The minimum absolute atomic E-state index is 0.0275. The first kappa shape index (κ1) is 22.7. The molecule has 166 valence electrons. The van der Waals surface area contributed by atoms with Crippen molar-refractivity contribution in [2.24, 2.45) is 0 Å². The zero-order valence-electron chi connectivity index (χ0n) is 16.7. The quantitative estimate of drug-likeness (QED) is 0.452. The van der Waals surface area contributed by atoms with Crippen LogP contribution in [0, 0.1) is 10.1 Å². The van der Waals surface area contributed by atoms with Crippen LogP contribution in [-0.4, -0.2) is 63.0 Å². The summed E-state index contributed by atoms with van der Waals surface area (Å²) in [5, 5.41) is 13.6. The second-order valence-corrected chi connectivity index (χ2v) is 8.71. The van der Waals surface area contributed by atoms with E-state index in [0.717, 1.165) is 5.56 Å². The van der Waals surface area contributed by atoms with Crippen molar-refractivity contribution in [3.8, 4) is 5.75 Å². The van der Waals surface area contributed by atoms with Gasteiger partial charge in [0.15, 0.2) is 12.4 Å². The van der Waals surface area contributed by atoms with E-state index in [9.17, 15) is 23.3 Å². The minimum Gasteiger partial charge on any atom is -0.477 e. The molecule has 1 fully saturated rings. The van der Waals surface area contributed by atoms with Crippen LogP contribution in [0.15, 0.2) is 53.4 Å². The van der Waals surface area contributed by atoms with Crippen molar-refractivity contribution in [3.05, 3.63) is 64.2 Å². The van der Waals surface area contributed by atoms with Crippen LogP contribution in [0.25, 0.3) is 0 Å². The highest BCUT2D eigenvalue weighted by molar-refractivity contribution is 7.89. The lowest BCUT2D eigenvalue weighted by atomic mass is 10.1. The van der Waals surface area contributed by atoms with E-state index in [2.05, 4.69) is 5.32 Å². The number of nitrogens with one attached hydrogen (secondary N) is 1. The third kappa shape index (κ3) is 6.00. The molecular weight excluding hydrogens is 426 g/mol. The van der Waals surface area contributed by atoms with Gasteiger partial charge in [-0.2, -0.15) is 4.31 Å². The van der Waals surface area contributed by atoms with Crippen molar-refractivity contribution in [1.29, 1.82) is 0 Å². The summed E-state index contributed by atoms with van der Waals surface area (Å²) in [5.74, 6) is -0.385. The standard InChI is InChI=1S/C20H23N3O7S/c24-20(15-30-19-4-2-1-3-18(19)23(25)26)21-10-9-16-5-7-17(8-6-16)31(27,28)22-11-13-29-14-12-22/h1-8H,9-15H2,(H,21,24). The van der Waals surface area contributed by atoms with E-state index in [1.807, 2.05) is 0 Å².